The summed E-state index contributed by atoms with van der Waals surface area (Å²) in [5, 5.41) is 6.06. The average molecular weight is 416 g/mol. The number of benzene rings is 2. The molecule has 154 valence electrons. The maximum Gasteiger partial charge on any atom is 0.262 e. The molecule has 1 aliphatic rings. The number of hydrogen-bond donors (Lipinski definition) is 2. The summed E-state index contributed by atoms with van der Waals surface area (Å²) in [5.74, 6) is 0.356. The summed E-state index contributed by atoms with van der Waals surface area (Å²) in [6.45, 7) is 7.83. The van der Waals surface area contributed by atoms with Gasteiger partial charge in [-0.15, -0.1) is 0 Å². The fourth-order valence-corrected chi connectivity index (χ4v) is 3.38. The molecule has 2 aromatic carbocycles. The molecule has 1 fully saturated rings. The number of nitrogens with zero attached hydrogens (tertiary/aromatic N) is 1. The van der Waals surface area contributed by atoms with Gasteiger partial charge in [-0.25, -0.2) is 0 Å². The maximum absolute atomic E-state index is 12.3. The van der Waals surface area contributed by atoms with Crippen molar-refractivity contribution in [3.63, 3.8) is 0 Å². The lowest BCUT2D eigenvalue weighted by Gasteiger charge is -2.29. The molecule has 0 aromatic heterocycles. The molecule has 2 N–H and O–H groups in total. The van der Waals surface area contributed by atoms with E-state index in [2.05, 4.69) is 31.4 Å². The Hall–Kier alpha value is -2.73. The van der Waals surface area contributed by atoms with Crippen molar-refractivity contribution < 1.29 is 14.3 Å². The molecule has 2 aromatic rings. The van der Waals surface area contributed by atoms with Crippen LogP contribution in [0.4, 0.5) is 11.4 Å². The van der Waals surface area contributed by atoms with E-state index >= 15 is 0 Å². The Bertz CT molecular complexity index is 908. The lowest BCUT2D eigenvalue weighted by Crippen LogP contribution is -2.47. The van der Waals surface area contributed by atoms with Gasteiger partial charge in [-0.2, -0.15) is 0 Å². The van der Waals surface area contributed by atoms with Crippen molar-refractivity contribution in [2.75, 3.05) is 36.5 Å². The largest absolute Gasteiger partial charge is 0.484 e. The van der Waals surface area contributed by atoms with Crippen LogP contribution in [0.5, 0.6) is 5.75 Å². The van der Waals surface area contributed by atoms with Gasteiger partial charge in [0.05, 0.1) is 17.3 Å². The standard InChI is InChI=1S/C22H26ClN3O3/c1-22(2,3)15-5-4-6-17(11-15)29-14-21(28)25-16-7-8-19(18(23)12-16)26-10-9-24-20(27)13-26/h4-8,11-12H,9-10,13-14H2,1-3H3,(H,24,27)(H,25,28). The minimum atomic E-state index is -0.271. The Morgan fingerprint density at radius 3 is 2.72 bits per heavy atom. The highest BCUT2D eigenvalue weighted by atomic mass is 35.5. The number of ether oxygens (including phenoxy) is 1. The molecule has 1 heterocycles. The normalized spacial score (nSPS) is 14.3. The van der Waals surface area contributed by atoms with Crippen LogP contribution in [0.2, 0.25) is 5.02 Å². The zero-order valence-corrected chi connectivity index (χ0v) is 17.7. The molecule has 7 heteroatoms. The first-order valence-electron chi connectivity index (χ1n) is 9.57. The van der Waals surface area contributed by atoms with Gasteiger partial charge in [-0.05, 0) is 41.3 Å². The van der Waals surface area contributed by atoms with Crippen molar-refractivity contribution in [2.24, 2.45) is 0 Å². The number of halogens is 1. The molecule has 0 spiro atoms. The van der Waals surface area contributed by atoms with Gasteiger partial charge in [0.1, 0.15) is 5.75 Å². The third kappa shape index (κ3) is 5.64. The lowest BCUT2D eigenvalue weighted by molar-refractivity contribution is -0.120. The Kier molecular flexibility index (Phi) is 6.33. The van der Waals surface area contributed by atoms with Crippen LogP contribution in [-0.4, -0.2) is 38.1 Å². The van der Waals surface area contributed by atoms with Gasteiger partial charge in [0.25, 0.3) is 5.91 Å². The number of carbonyl (C=O) groups is 2. The van der Waals surface area contributed by atoms with E-state index in [1.807, 2.05) is 35.2 Å². The molecule has 6 nitrogen and oxygen atoms in total. The Balaban J connectivity index is 1.58. The molecule has 1 aliphatic heterocycles. The van der Waals surface area contributed by atoms with Crippen LogP contribution < -0.4 is 20.3 Å². The summed E-state index contributed by atoms with van der Waals surface area (Å²) in [7, 11) is 0. The van der Waals surface area contributed by atoms with Crippen LogP contribution in [0.1, 0.15) is 26.3 Å². The minimum Gasteiger partial charge on any atom is -0.484 e. The molecule has 2 amide bonds. The molecule has 0 radical (unpaired) electrons. The number of nitrogens with one attached hydrogen (secondary N) is 2. The SMILES string of the molecule is CC(C)(C)c1cccc(OCC(=O)Nc2ccc(N3CCNC(=O)C3)c(Cl)c2)c1. The predicted molar refractivity (Wildman–Crippen MR) is 116 cm³/mol. The summed E-state index contributed by atoms with van der Waals surface area (Å²) in [4.78, 5) is 25.7. The van der Waals surface area contributed by atoms with Crippen molar-refractivity contribution in [1.29, 1.82) is 0 Å². The number of hydrogen-bond acceptors (Lipinski definition) is 4. The highest BCUT2D eigenvalue weighted by Crippen LogP contribution is 2.29. The van der Waals surface area contributed by atoms with Gasteiger partial charge in [0, 0.05) is 18.8 Å². The highest BCUT2D eigenvalue weighted by molar-refractivity contribution is 6.33. The third-order valence-electron chi connectivity index (χ3n) is 4.68. The van der Waals surface area contributed by atoms with E-state index < -0.39 is 0 Å². The molecule has 0 unspecified atom stereocenters. The topological polar surface area (TPSA) is 70.7 Å². The summed E-state index contributed by atoms with van der Waals surface area (Å²) >= 11 is 6.37. The first-order valence-corrected chi connectivity index (χ1v) is 9.94. The zero-order valence-electron chi connectivity index (χ0n) is 16.9. The molecule has 3 rings (SSSR count). The number of carbonyl (C=O) groups excluding carboxylic acids is 2. The van der Waals surface area contributed by atoms with E-state index in [0.717, 1.165) is 11.3 Å². The maximum atomic E-state index is 12.3. The molecule has 29 heavy (non-hydrogen) atoms. The van der Waals surface area contributed by atoms with Crippen LogP contribution in [0.15, 0.2) is 42.5 Å². The Morgan fingerprint density at radius 1 is 1.24 bits per heavy atom. The van der Waals surface area contributed by atoms with Crippen LogP contribution >= 0.6 is 11.6 Å². The fourth-order valence-electron chi connectivity index (χ4n) is 3.08. The average Bonchev–Trinajstić information content (AvgIpc) is 2.66. The van der Waals surface area contributed by atoms with Crippen LogP contribution in [0.25, 0.3) is 0 Å². The summed E-state index contributed by atoms with van der Waals surface area (Å²) < 4.78 is 5.64. The number of amides is 2. The summed E-state index contributed by atoms with van der Waals surface area (Å²) in [6.07, 6.45) is 0. The predicted octanol–water partition coefficient (Wildman–Crippen LogP) is 3.59. The highest BCUT2D eigenvalue weighted by Gasteiger charge is 2.19. The molecule has 0 atom stereocenters. The molecule has 0 aliphatic carbocycles. The minimum absolute atomic E-state index is 0.00908. The second-order valence-corrected chi connectivity index (χ2v) is 8.46. The third-order valence-corrected chi connectivity index (χ3v) is 4.98. The Labute approximate surface area is 176 Å². The zero-order chi connectivity index (χ0) is 21.0. The Morgan fingerprint density at radius 2 is 2.03 bits per heavy atom. The second-order valence-electron chi connectivity index (χ2n) is 8.05. The lowest BCUT2D eigenvalue weighted by atomic mass is 9.87. The van der Waals surface area contributed by atoms with Gasteiger partial charge in [0.2, 0.25) is 5.91 Å². The molecule has 0 saturated carbocycles. The van der Waals surface area contributed by atoms with Crippen molar-refractivity contribution in [1.82, 2.24) is 5.32 Å². The smallest absolute Gasteiger partial charge is 0.262 e. The van der Waals surface area contributed by atoms with Gasteiger partial charge in [0.15, 0.2) is 6.61 Å². The molecular weight excluding hydrogens is 390 g/mol. The van der Waals surface area contributed by atoms with Crippen LogP contribution in [-0.2, 0) is 15.0 Å². The van der Waals surface area contributed by atoms with Gasteiger partial charge >= 0.3 is 0 Å². The summed E-state index contributed by atoms with van der Waals surface area (Å²) in [5.41, 5.74) is 2.51. The van der Waals surface area contributed by atoms with Gasteiger partial charge in [-0.1, -0.05) is 44.5 Å². The van der Waals surface area contributed by atoms with E-state index in [-0.39, 0.29) is 30.4 Å². The van der Waals surface area contributed by atoms with Crippen LogP contribution in [0, 0.1) is 0 Å². The second kappa shape index (κ2) is 8.74. The van der Waals surface area contributed by atoms with E-state index in [4.69, 9.17) is 16.3 Å². The quantitative estimate of drug-likeness (QED) is 0.782. The number of piperazine rings is 1. The van der Waals surface area contributed by atoms with E-state index in [1.165, 1.54) is 0 Å². The molecule has 0 bridgehead atoms. The first kappa shape index (κ1) is 21.0. The van der Waals surface area contributed by atoms with Crippen molar-refractivity contribution in [2.45, 2.75) is 26.2 Å². The van der Waals surface area contributed by atoms with Crippen molar-refractivity contribution in [3.8, 4) is 5.75 Å². The summed E-state index contributed by atoms with van der Waals surface area (Å²) in [6, 6.07) is 13.0. The number of anilines is 2. The van der Waals surface area contributed by atoms with Crippen molar-refractivity contribution >= 4 is 34.8 Å². The van der Waals surface area contributed by atoms with Gasteiger partial charge < -0.3 is 20.3 Å². The van der Waals surface area contributed by atoms with E-state index in [9.17, 15) is 9.59 Å². The van der Waals surface area contributed by atoms with E-state index in [1.54, 1.807) is 12.1 Å². The first-order chi connectivity index (χ1) is 13.7. The van der Waals surface area contributed by atoms with Crippen LogP contribution in [0.3, 0.4) is 0 Å². The van der Waals surface area contributed by atoms with Crippen molar-refractivity contribution in [3.05, 3.63) is 53.1 Å². The fraction of sp³-hybridized carbons (Fsp3) is 0.364. The monoisotopic (exact) mass is 415 g/mol. The number of rotatable bonds is 5. The molecular formula is C22H26ClN3O3. The molecule has 1 saturated heterocycles. The van der Waals surface area contributed by atoms with Gasteiger partial charge in [-0.3, -0.25) is 9.59 Å². The van der Waals surface area contributed by atoms with E-state index in [0.29, 0.717) is 29.5 Å².